The molecule has 3 N–H and O–H groups in total. The van der Waals surface area contributed by atoms with Gasteiger partial charge in [0, 0.05) is 18.6 Å². The van der Waals surface area contributed by atoms with Crippen LogP contribution < -0.4 is 15.8 Å². The topological polar surface area (TPSA) is 108 Å². The van der Waals surface area contributed by atoms with E-state index in [1.54, 1.807) is 18.3 Å². The molecule has 2 aromatic heterocycles. The van der Waals surface area contributed by atoms with Gasteiger partial charge in [-0.25, -0.2) is 14.4 Å². The number of aromatic nitrogens is 4. The molecule has 3 aromatic rings. The highest BCUT2D eigenvalue weighted by Gasteiger charge is 2.14. The van der Waals surface area contributed by atoms with E-state index in [0.717, 1.165) is 0 Å². The maximum atomic E-state index is 14.0. The van der Waals surface area contributed by atoms with Crippen molar-refractivity contribution >= 4 is 17.4 Å². The summed E-state index contributed by atoms with van der Waals surface area (Å²) in [4.78, 5) is 19.8. The molecule has 8 nitrogen and oxygen atoms in total. The minimum Gasteiger partial charge on any atom is -0.496 e. The second kappa shape index (κ2) is 6.95. The Morgan fingerprint density at radius 2 is 2.16 bits per heavy atom. The smallest absolute Gasteiger partial charge is 0.278 e. The van der Waals surface area contributed by atoms with Gasteiger partial charge in [0.25, 0.3) is 5.91 Å². The SMILES string of the molecule is COc1cccc(F)c1Cn1cc(NC(=O)c2nccnc2N)cn1. The largest absolute Gasteiger partial charge is 0.496 e. The summed E-state index contributed by atoms with van der Waals surface area (Å²) in [6.07, 6.45) is 5.78. The molecule has 0 aliphatic rings. The monoisotopic (exact) mass is 342 g/mol. The van der Waals surface area contributed by atoms with Gasteiger partial charge in [0.1, 0.15) is 11.6 Å². The number of benzene rings is 1. The highest BCUT2D eigenvalue weighted by atomic mass is 19.1. The van der Waals surface area contributed by atoms with Crippen LogP contribution in [0.4, 0.5) is 15.9 Å². The summed E-state index contributed by atoms with van der Waals surface area (Å²) in [5.74, 6) is -0.446. The van der Waals surface area contributed by atoms with Crippen molar-refractivity contribution < 1.29 is 13.9 Å². The summed E-state index contributed by atoms with van der Waals surface area (Å²) < 4.78 is 20.6. The molecule has 25 heavy (non-hydrogen) atoms. The molecule has 0 fully saturated rings. The molecule has 0 aliphatic heterocycles. The van der Waals surface area contributed by atoms with Crippen molar-refractivity contribution in [1.82, 2.24) is 19.7 Å². The number of methoxy groups -OCH3 is 1. The van der Waals surface area contributed by atoms with Crippen LogP contribution in [0.5, 0.6) is 5.75 Å². The third-order valence-electron chi connectivity index (χ3n) is 3.45. The second-order valence-electron chi connectivity index (χ2n) is 5.09. The summed E-state index contributed by atoms with van der Waals surface area (Å²) in [7, 11) is 1.47. The molecule has 0 radical (unpaired) electrons. The Morgan fingerprint density at radius 3 is 2.92 bits per heavy atom. The summed E-state index contributed by atoms with van der Waals surface area (Å²) >= 11 is 0. The molecule has 128 valence electrons. The molecule has 1 amide bonds. The van der Waals surface area contributed by atoms with Crippen LogP contribution in [0, 0.1) is 5.82 Å². The molecule has 0 atom stereocenters. The lowest BCUT2D eigenvalue weighted by atomic mass is 10.2. The van der Waals surface area contributed by atoms with E-state index < -0.39 is 11.7 Å². The molecule has 0 spiro atoms. The summed E-state index contributed by atoms with van der Waals surface area (Å²) in [5, 5.41) is 6.73. The number of anilines is 2. The maximum Gasteiger partial charge on any atom is 0.278 e. The average molecular weight is 342 g/mol. The van der Waals surface area contributed by atoms with E-state index >= 15 is 0 Å². The fraction of sp³-hybridized carbons (Fsp3) is 0.125. The first-order valence-corrected chi connectivity index (χ1v) is 7.30. The van der Waals surface area contributed by atoms with E-state index in [2.05, 4.69) is 20.4 Å². The Morgan fingerprint density at radius 1 is 1.36 bits per heavy atom. The van der Waals surface area contributed by atoms with Crippen LogP contribution in [0.1, 0.15) is 16.1 Å². The van der Waals surface area contributed by atoms with Gasteiger partial charge in [0.2, 0.25) is 0 Å². The van der Waals surface area contributed by atoms with Crippen LogP contribution in [-0.4, -0.2) is 32.8 Å². The highest BCUT2D eigenvalue weighted by Crippen LogP contribution is 2.22. The van der Waals surface area contributed by atoms with Gasteiger partial charge in [-0.3, -0.25) is 9.48 Å². The van der Waals surface area contributed by atoms with Gasteiger partial charge in [-0.05, 0) is 12.1 Å². The molecule has 2 heterocycles. The maximum absolute atomic E-state index is 14.0. The molecule has 3 rings (SSSR count). The van der Waals surface area contributed by atoms with Crippen molar-refractivity contribution in [1.29, 1.82) is 0 Å². The van der Waals surface area contributed by atoms with Crippen LogP contribution in [0.15, 0.2) is 43.0 Å². The number of hydrogen-bond donors (Lipinski definition) is 2. The Balaban J connectivity index is 1.75. The van der Waals surface area contributed by atoms with Crippen molar-refractivity contribution in [3.63, 3.8) is 0 Å². The zero-order valence-electron chi connectivity index (χ0n) is 13.3. The number of rotatable bonds is 5. The number of carbonyl (C=O) groups excluding carboxylic acids is 1. The number of nitrogens with one attached hydrogen (secondary N) is 1. The van der Waals surface area contributed by atoms with Gasteiger partial charge in [0.05, 0.1) is 31.1 Å². The predicted molar refractivity (Wildman–Crippen MR) is 88.7 cm³/mol. The molecule has 9 heteroatoms. The molecule has 0 aliphatic carbocycles. The lowest BCUT2D eigenvalue weighted by Gasteiger charge is -2.09. The first kappa shape index (κ1) is 16.4. The van der Waals surface area contributed by atoms with Crippen molar-refractivity contribution in [3.05, 3.63) is 60.1 Å². The van der Waals surface area contributed by atoms with Gasteiger partial charge in [-0.2, -0.15) is 5.10 Å². The van der Waals surface area contributed by atoms with E-state index in [1.165, 1.54) is 36.4 Å². The molecule has 0 unspecified atom stereocenters. The van der Waals surface area contributed by atoms with Gasteiger partial charge in [-0.1, -0.05) is 6.07 Å². The lowest BCUT2D eigenvalue weighted by molar-refractivity contribution is 0.102. The first-order chi connectivity index (χ1) is 12.1. The number of nitrogens with two attached hydrogens (primary N) is 1. The zero-order valence-corrected chi connectivity index (χ0v) is 13.3. The zero-order chi connectivity index (χ0) is 17.8. The van der Waals surface area contributed by atoms with Crippen molar-refractivity contribution in [3.8, 4) is 5.75 Å². The number of hydrogen-bond acceptors (Lipinski definition) is 6. The quantitative estimate of drug-likeness (QED) is 0.731. The molecule has 0 saturated heterocycles. The average Bonchev–Trinajstić information content (AvgIpc) is 3.04. The normalized spacial score (nSPS) is 10.5. The number of carbonyl (C=O) groups is 1. The van der Waals surface area contributed by atoms with Crippen LogP contribution in [0.3, 0.4) is 0 Å². The van der Waals surface area contributed by atoms with E-state index in [-0.39, 0.29) is 18.1 Å². The van der Waals surface area contributed by atoms with Crippen LogP contribution >= 0.6 is 0 Å². The van der Waals surface area contributed by atoms with E-state index in [9.17, 15) is 9.18 Å². The first-order valence-electron chi connectivity index (χ1n) is 7.30. The van der Waals surface area contributed by atoms with Crippen LogP contribution in [-0.2, 0) is 6.54 Å². The lowest BCUT2D eigenvalue weighted by Crippen LogP contribution is -2.16. The standard InChI is InChI=1S/C16H15FN6O2/c1-25-13-4-2-3-12(17)11(13)9-23-8-10(7-21-23)22-16(24)14-15(18)20-6-5-19-14/h2-8H,9H2,1H3,(H2,18,20)(H,22,24). The van der Waals surface area contributed by atoms with Gasteiger partial charge in [0.15, 0.2) is 11.5 Å². The van der Waals surface area contributed by atoms with E-state index in [1.807, 2.05) is 0 Å². The van der Waals surface area contributed by atoms with Gasteiger partial charge < -0.3 is 15.8 Å². The third-order valence-corrected chi connectivity index (χ3v) is 3.45. The third kappa shape index (κ3) is 3.55. The summed E-state index contributed by atoms with van der Waals surface area (Å²) in [6, 6.07) is 4.58. The number of ether oxygens (including phenoxy) is 1. The number of nitrogen functional groups attached to an aromatic ring is 1. The van der Waals surface area contributed by atoms with E-state index in [0.29, 0.717) is 17.0 Å². The molecule has 0 saturated carbocycles. The molecular weight excluding hydrogens is 327 g/mol. The van der Waals surface area contributed by atoms with Crippen LogP contribution in [0.25, 0.3) is 0 Å². The fourth-order valence-electron chi connectivity index (χ4n) is 2.27. The van der Waals surface area contributed by atoms with Crippen molar-refractivity contribution in [2.45, 2.75) is 6.54 Å². The Labute approximate surface area is 142 Å². The Hall–Kier alpha value is -3.49. The molecule has 0 bridgehead atoms. The number of nitrogens with zero attached hydrogens (tertiary/aromatic N) is 4. The molecule has 1 aromatic carbocycles. The minimum absolute atomic E-state index is 0.0195. The van der Waals surface area contributed by atoms with Gasteiger partial charge in [-0.15, -0.1) is 0 Å². The highest BCUT2D eigenvalue weighted by molar-refractivity contribution is 6.05. The minimum atomic E-state index is -0.506. The molecular formula is C16H15FN6O2. The van der Waals surface area contributed by atoms with Crippen molar-refractivity contribution in [2.75, 3.05) is 18.2 Å². The number of amides is 1. The van der Waals surface area contributed by atoms with Crippen molar-refractivity contribution in [2.24, 2.45) is 0 Å². The number of halogens is 1. The predicted octanol–water partition coefficient (Wildman–Crippen LogP) is 1.70. The second-order valence-corrected chi connectivity index (χ2v) is 5.09. The van der Waals surface area contributed by atoms with Gasteiger partial charge >= 0.3 is 0 Å². The fourth-order valence-corrected chi connectivity index (χ4v) is 2.27. The Bertz CT molecular complexity index is 911. The van der Waals surface area contributed by atoms with E-state index in [4.69, 9.17) is 10.5 Å². The summed E-state index contributed by atoms with van der Waals surface area (Å²) in [5.41, 5.74) is 6.43. The Kier molecular flexibility index (Phi) is 4.55. The van der Waals surface area contributed by atoms with Crippen LogP contribution in [0.2, 0.25) is 0 Å². The summed E-state index contributed by atoms with van der Waals surface area (Å²) in [6.45, 7) is 0.152.